The van der Waals surface area contributed by atoms with Crippen LogP contribution in [0.25, 0.3) is 0 Å². The van der Waals surface area contributed by atoms with Crippen LogP contribution in [0.15, 0.2) is 53.4 Å². The quantitative estimate of drug-likeness (QED) is 0.546. The summed E-state index contributed by atoms with van der Waals surface area (Å²) in [6, 6.07) is 11.9. The number of nitrogens with one attached hydrogen (secondary N) is 1. The normalized spacial score (nSPS) is 12.5. The third-order valence-electron chi connectivity index (χ3n) is 4.99. The van der Waals surface area contributed by atoms with Crippen LogP contribution in [0, 0.1) is 0 Å². The molecule has 8 nitrogen and oxygen atoms in total. The molecule has 0 saturated heterocycles. The first-order valence-electron chi connectivity index (χ1n) is 10.4. The first-order chi connectivity index (χ1) is 15.4. The highest BCUT2D eigenvalue weighted by Crippen LogP contribution is 2.19. The number of amides is 2. The van der Waals surface area contributed by atoms with Crippen molar-refractivity contribution in [2.75, 3.05) is 20.7 Å². The van der Waals surface area contributed by atoms with Crippen LogP contribution in [0.1, 0.15) is 26.3 Å². The summed E-state index contributed by atoms with van der Waals surface area (Å²) in [5, 5.41) is 3.21. The van der Waals surface area contributed by atoms with Crippen molar-refractivity contribution < 1.29 is 22.7 Å². The van der Waals surface area contributed by atoms with E-state index in [0.29, 0.717) is 10.8 Å². The molecule has 0 radical (unpaired) electrons. The molecule has 0 spiro atoms. The second kappa shape index (κ2) is 11.5. The Morgan fingerprint density at radius 1 is 1.03 bits per heavy atom. The van der Waals surface area contributed by atoms with E-state index in [1.165, 1.54) is 36.2 Å². The molecule has 0 aliphatic carbocycles. The molecule has 1 N–H and O–H groups in total. The van der Waals surface area contributed by atoms with Gasteiger partial charge in [0.05, 0.1) is 18.6 Å². The molecular weight excluding hydrogens is 466 g/mol. The molecule has 1 unspecified atom stereocenters. The van der Waals surface area contributed by atoms with E-state index < -0.39 is 28.5 Å². The Balaban J connectivity index is 2.27. The summed E-state index contributed by atoms with van der Waals surface area (Å²) in [5.74, 6) is -0.164. The molecule has 0 aromatic heterocycles. The summed E-state index contributed by atoms with van der Waals surface area (Å²) in [5.41, 5.74) is 0.775. The lowest BCUT2D eigenvalue weighted by Gasteiger charge is -2.30. The molecule has 0 saturated carbocycles. The van der Waals surface area contributed by atoms with Crippen LogP contribution in [0.4, 0.5) is 0 Å². The van der Waals surface area contributed by atoms with E-state index in [0.717, 1.165) is 9.87 Å². The minimum Gasteiger partial charge on any atom is -0.497 e. The van der Waals surface area contributed by atoms with Crippen molar-refractivity contribution in [3.05, 3.63) is 59.1 Å². The number of likely N-dealkylation sites (N-methyl/N-ethyl adjacent to an activating group) is 1. The molecule has 33 heavy (non-hydrogen) atoms. The molecule has 2 rings (SSSR count). The van der Waals surface area contributed by atoms with Gasteiger partial charge in [0.2, 0.25) is 21.8 Å². The number of halogens is 1. The van der Waals surface area contributed by atoms with E-state index in [-0.39, 0.29) is 23.4 Å². The molecule has 0 aliphatic rings. The lowest BCUT2D eigenvalue weighted by molar-refractivity contribution is -0.140. The summed E-state index contributed by atoms with van der Waals surface area (Å²) in [6.45, 7) is 4.97. The molecule has 0 heterocycles. The molecule has 0 aliphatic heterocycles. The third-order valence-corrected chi connectivity index (χ3v) is 7.06. The van der Waals surface area contributed by atoms with Crippen molar-refractivity contribution in [2.24, 2.45) is 0 Å². The second-order valence-electron chi connectivity index (χ2n) is 7.92. The average Bonchev–Trinajstić information content (AvgIpc) is 2.77. The van der Waals surface area contributed by atoms with Crippen molar-refractivity contribution in [1.82, 2.24) is 14.5 Å². The van der Waals surface area contributed by atoms with Gasteiger partial charge in [-0.2, -0.15) is 4.31 Å². The fourth-order valence-corrected chi connectivity index (χ4v) is 4.31. The van der Waals surface area contributed by atoms with E-state index in [2.05, 4.69) is 5.32 Å². The molecule has 0 bridgehead atoms. The lowest BCUT2D eigenvalue weighted by atomic mass is 10.1. The zero-order chi connectivity index (χ0) is 24.8. The number of hydrogen-bond donors (Lipinski definition) is 1. The smallest absolute Gasteiger partial charge is 0.243 e. The van der Waals surface area contributed by atoms with Gasteiger partial charge in [0, 0.05) is 24.7 Å². The van der Waals surface area contributed by atoms with E-state index in [1.807, 2.05) is 13.8 Å². The molecule has 2 amide bonds. The highest BCUT2D eigenvalue weighted by Gasteiger charge is 2.30. The molecule has 10 heteroatoms. The van der Waals surface area contributed by atoms with Crippen molar-refractivity contribution in [3.63, 3.8) is 0 Å². The van der Waals surface area contributed by atoms with E-state index in [4.69, 9.17) is 16.3 Å². The van der Waals surface area contributed by atoms with E-state index in [1.54, 1.807) is 38.3 Å². The van der Waals surface area contributed by atoms with Gasteiger partial charge in [-0.3, -0.25) is 9.59 Å². The molecule has 180 valence electrons. The van der Waals surface area contributed by atoms with Crippen LogP contribution < -0.4 is 10.1 Å². The molecule has 1 atom stereocenters. The first-order valence-corrected chi connectivity index (χ1v) is 12.2. The summed E-state index contributed by atoms with van der Waals surface area (Å²) in [4.78, 5) is 27.3. The number of ether oxygens (including phenoxy) is 1. The Kier molecular flexibility index (Phi) is 9.27. The second-order valence-corrected chi connectivity index (χ2v) is 10.4. The van der Waals surface area contributed by atoms with Gasteiger partial charge in [-0.25, -0.2) is 8.42 Å². The number of carbonyl (C=O) groups is 2. The SMILES string of the molecule is COc1ccc(CN(C(=O)CN(C)S(=O)(=O)c2ccc(Cl)cc2)C(C)C(=O)NC(C)C)cc1. The number of methoxy groups -OCH3 is 1. The van der Waals surface area contributed by atoms with Gasteiger partial charge in [-0.05, 0) is 62.7 Å². The minimum atomic E-state index is -3.92. The number of carbonyl (C=O) groups excluding carboxylic acids is 2. The van der Waals surface area contributed by atoms with E-state index >= 15 is 0 Å². The highest BCUT2D eigenvalue weighted by atomic mass is 35.5. The van der Waals surface area contributed by atoms with Gasteiger partial charge in [0.1, 0.15) is 11.8 Å². The van der Waals surface area contributed by atoms with Crippen molar-refractivity contribution in [2.45, 2.75) is 44.3 Å². The first kappa shape index (κ1) is 26.6. The lowest BCUT2D eigenvalue weighted by Crippen LogP contribution is -2.51. The maximum absolute atomic E-state index is 13.2. The Hall–Kier alpha value is -2.62. The van der Waals surface area contributed by atoms with Crippen molar-refractivity contribution >= 4 is 33.4 Å². The zero-order valence-corrected chi connectivity index (χ0v) is 21.0. The Morgan fingerprint density at radius 3 is 2.12 bits per heavy atom. The standard InChI is InChI=1S/C23H30ClN3O5S/c1-16(2)25-23(29)17(3)27(14-18-6-10-20(32-5)11-7-18)22(28)15-26(4)33(30,31)21-12-8-19(24)9-13-21/h6-13,16-17H,14-15H2,1-5H3,(H,25,29). The Bertz CT molecular complexity index is 1060. The summed E-state index contributed by atoms with van der Waals surface area (Å²) < 4.78 is 31.9. The molecule has 2 aromatic rings. The van der Waals surface area contributed by atoms with Crippen molar-refractivity contribution in [3.8, 4) is 5.75 Å². The summed E-state index contributed by atoms with van der Waals surface area (Å²) in [6.07, 6.45) is 0. The van der Waals surface area contributed by atoms with Crippen LogP contribution in [-0.2, 0) is 26.2 Å². The van der Waals surface area contributed by atoms with Gasteiger partial charge in [-0.1, -0.05) is 23.7 Å². The summed E-state index contributed by atoms with van der Waals surface area (Å²) in [7, 11) is -1.04. The predicted molar refractivity (Wildman–Crippen MR) is 128 cm³/mol. The van der Waals surface area contributed by atoms with Crippen molar-refractivity contribution in [1.29, 1.82) is 0 Å². The number of benzene rings is 2. The Morgan fingerprint density at radius 2 is 1.61 bits per heavy atom. The van der Waals surface area contributed by atoms with Gasteiger partial charge < -0.3 is 15.0 Å². The van der Waals surface area contributed by atoms with Crippen LogP contribution in [-0.4, -0.2) is 62.2 Å². The molecular formula is C23H30ClN3O5S. The predicted octanol–water partition coefficient (Wildman–Crippen LogP) is 2.91. The molecule has 0 fully saturated rings. The van der Waals surface area contributed by atoms with Crippen LogP contribution in [0.3, 0.4) is 0 Å². The fourth-order valence-electron chi connectivity index (χ4n) is 3.07. The van der Waals surface area contributed by atoms with Gasteiger partial charge >= 0.3 is 0 Å². The van der Waals surface area contributed by atoms with Gasteiger partial charge in [-0.15, -0.1) is 0 Å². The topological polar surface area (TPSA) is 96.0 Å². The van der Waals surface area contributed by atoms with Crippen LogP contribution in [0.2, 0.25) is 5.02 Å². The summed E-state index contributed by atoms with van der Waals surface area (Å²) >= 11 is 5.85. The maximum Gasteiger partial charge on any atom is 0.243 e. The maximum atomic E-state index is 13.2. The number of hydrogen-bond acceptors (Lipinski definition) is 5. The Labute approximate surface area is 200 Å². The van der Waals surface area contributed by atoms with Crippen LogP contribution >= 0.6 is 11.6 Å². The van der Waals surface area contributed by atoms with Gasteiger partial charge in [0.15, 0.2) is 0 Å². The fraction of sp³-hybridized carbons (Fsp3) is 0.391. The highest BCUT2D eigenvalue weighted by molar-refractivity contribution is 7.89. The third kappa shape index (κ3) is 7.18. The monoisotopic (exact) mass is 495 g/mol. The minimum absolute atomic E-state index is 0.0227. The largest absolute Gasteiger partial charge is 0.497 e. The number of nitrogens with zero attached hydrogens (tertiary/aromatic N) is 2. The zero-order valence-electron chi connectivity index (χ0n) is 19.4. The average molecular weight is 496 g/mol. The van der Waals surface area contributed by atoms with Gasteiger partial charge in [0.25, 0.3) is 0 Å². The molecule has 2 aromatic carbocycles. The number of rotatable bonds is 10. The number of sulfonamides is 1. The van der Waals surface area contributed by atoms with Crippen LogP contribution in [0.5, 0.6) is 5.75 Å². The van der Waals surface area contributed by atoms with E-state index in [9.17, 15) is 18.0 Å².